The summed E-state index contributed by atoms with van der Waals surface area (Å²) >= 11 is 0. The van der Waals surface area contributed by atoms with E-state index in [0.29, 0.717) is 5.92 Å². The molecule has 3 aromatic rings. The third-order valence-electron chi connectivity index (χ3n) is 3.04. The van der Waals surface area contributed by atoms with Crippen LogP contribution in [-0.2, 0) is 0 Å². The van der Waals surface area contributed by atoms with Crippen LogP contribution in [0.1, 0.15) is 25.5 Å². The van der Waals surface area contributed by atoms with Crippen molar-refractivity contribution in [3.8, 4) is 0 Å². The highest BCUT2D eigenvalue weighted by Crippen LogP contribution is 2.28. The number of nitrogens with one attached hydrogen (secondary N) is 1. The summed E-state index contributed by atoms with van der Waals surface area (Å²) in [5.41, 5.74) is 2.31. The largest absolute Gasteiger partial charge is 0.277 e. The fraction of sp³-hybridized carbons (Fsp3) is 0.214. The number of benzene rings is 2. The summed E-state index contributed by atoms with van der Waals surface area (Å²) < 4.78 is 0. The lowest BCUT2D eigenvalue weighted by Crippen LogP contribution is -1.87. The zero-order valence-electron chi connectivity index (χ0n) is 9.49. The molecule has 1 N–H and O–H groups in total. The van der Waals surface area contributed by atoms with E-state index in [1.165, 1.54) is 16.2 Å². The van der Waals surface area contributed by atoms with Gasteiger partial charge in [-0.3, -0.25) is 5.10 Å². The first-order valence-corrected chi connectivity index (χ1v) is 5.63. The second-order valence-electron chi connectivity index (χ2n) is 4.47. The summed E-state index contributed by atoms with van der Waals surface area (Å²) in [7, 11) is 0. The highest BCUT2D eigenvalue weighted by molar-refractivity contribution is 6.06. The van der Waals surface area contributed by atoms with Crippen molar-refractivity contribution in [3.05, 3.63) is 42.1 Å². The van der Waals surface area contributed by atoms with Crippen molar-refractivity contribution in [2.45, 2.75) is 19.8 Å². The van der Waals surface area contributed by atoms with Crippen LogP contribution in [0, 0.1) is 0 Å². The van der Waals surface area contributed by atoms with Gasteiger partial charge in [-0.1, -0.05) is 50.2 Å². The SMILES string of the molecule is CC(C)c1n[nH]c2c1ccc1ccccc12. The van der Waals surface area contributed by atoms with E-state index < -0.39 is 0 Å². The third kappa shape index (κ3) is 1.23. The van der Waals surface area contributed by atoms with Crippen LogP contribution in [0.2, 0.25) is 0 Å². The van der Waals surface area contributed by atoms with Gasteiger partial charge in [-0.25, -0.2) is 0 Å². The van der Waals surface area contributed by atoms with Crippen LogP contribution < -0.4 is 0 Å². The zero-order chi connectivity index (χ0) is 11.1. The molecule has 0 atom stereocenters. The molecule has 0 unspecified atom stereocenters. The number of hydrogen-bond donors (Lipinski definition) is 1. The van der Waals surface area contributed by atoms with E-state index in [1.807, 2.05) is 0 Å². The summed E-state index contributed by atoms with van der Waals surface area (Å²) in [5.74, 6) is 0.454. The lowest BCUT2D eigenvalue weighted by Gasteiger charge is -2.01. The Morgan fingerprint density at radius 2 is 1.81 bits per heavy atom. The normalized spacial score (nSPS) is 11.7. The van der Waals surface area contributed by atoms with Crippen molar-refractivity contribution >= 4 is 21.7 Å². The minimum Gasteiger partial charge on any atom is -0.277 e. The molecule has 80 valence electrons. The summed E-state index contributed by atoms with van der Waals surface area (Å²) in [4.78, 5) is 0. The van der Waals surface area contributed by atoms with Crippen LogP contribution in [0.3, 0.4) is 0 Å². The maximum absolute atomic E-state index is 4.42. The van der Waals surface area contributed by atoms with Gasteiger partial charge in [-0.2, -0.15) is 5.10 Å². The average Bonchev–Trinajstić information content (AvgIpc) is 2.73. The zero-order valence-corrected chi connectivity index (χ0v) is 9.49. The summed E-state index contributed by atoms with van der Waals surface area (Å²) in [6.07, 6.45) is 0. The molecule has 1 aromatic heterocycles. The number of fused-ring (bicyclic) bond motifs is 3. The molecule has 0 amide bonds. The molecular formula is C14H14N2. The Hall–Kier alpha value is -1.83. The number of rotatable bonds is 1. The van der Waals surface area contributed by atoms with Crippen molar-refractivity contribution in [3.63, 3.8) is 0 Å². The molecule has 0 aliphatic heterocycles. The topological polar surface area (TPSA) is 28.7 Å². The van der Waals surface area contributed by atoms with Crippen LogP contribution in [0.25, 0.3) is 21.7 Å². The van der Waals surface area contributed by atoms with Gasteiger partial charge in [-0.05, 0) is 11.3 Å². The molecule has 2 nitrogen and oxygen atoms in total. The van der Waals surface area contributed by atoms with Crippen molar-refractivity contribution in [1.82, 2.24) is 10.2 Å². The monoisotopic (exact) mass is 210 g/mol. The molecule has 0 saturated carbocycles. The fourth-order valence-electron chi connectivity index (χ4n) is 2.22. The number of hydrogen-bond acceptors (Lipinski definition) is 1. The molecule has 0 fully saturated rings. The maximum atomic E-state index is 4.42. The van der Waals surface area contributed by atoms with E-state index in [4.69, 9.17) is 0 Å². The smallest absolute Gasteiger partial charge is 0.0731 e. The summed E-state index contributed by atoms with van der Waals surface area (Å²) in [5, 5.41) is 11.3. The Balaban J connectivity index is 2.45. The predicted molar refractivity (Wildman–Crippen MR) is 67.7 cm³/mol. The van der Waals surface area contributed by atoms with Crippen molar-refractivity contribution in [2.24, 2.45) is 0 Å². The Bertz CT molecular complexity index is 650. The Morgan fingerprint density at radius 1 is 1.00 bits per heavy atom. The molecule has 2 aromatic carbocycles. The van der Waals surface area contributed by atoms with Crippen LogP contribution >= 0.6 is 0 Å². The van der Waals surface area contributed by atoms with Gasteiger partial charge >= 0.3 is 0 Å². The van der Waals surface area contributed by atoms with Gasteiger partial charge in [0.15, 0.2) is 0 Å². The Morgan fingerprint density at radius 3 is 2.62 bits per heavy atom. The number of nitrogens with zero attached hydrogens (tertiary/aromatic N) is 1. The standard InChI is InChI=1S/C14H14N2/c1-9(2)13-12-8-7-10-5-3-4-6-11(10)14(12)16-15-13/h3-9H,1-2H3,(H,15,16). The molecule has 16 heavy (non-hydrogen) atoms. The van der Waals surface area contributed by atoms with Gasteiger partial charge in [0.2, 0.25) is 0 Å². The lowest BCUT2D eigenvalue weighted by molar-refractivity contribution is 0.818. The van der Waals surface area contributed by atoms with E-state index >= 15 is 0 Å². The number of aromatic amines is 1. The first kappa shape index (κ1) is 9.40. The molecule has 3 rings (SSSR count). The van der Waals surface area contributed by atoms with Crippen molar-refractivity contribution < 1.29 is 0 Å². The second-order valence-corrected chi connectivity index (χ2v) is 4.47. The van der Waals surface area contributed by atoms with Gasteiger partial charge in [-0.15, -0.1) is 0 Å². The molecule has 1 heterocycles. The molecule has 0 radical (unpaired) electrons. The van der Waals surface area contributed by atoms with E-state index in [9.17, 15) is 0 Å². The van der Waals surface area contributed by atoms with Crippen molar-refractivity contribution in [2.75, 3.05) is 0 Å². The minimum absolute atomic E-state index is 0.454. The molecule has 0 spiro atoms. The van der Waals surface area contributed by atoms with Crippen LogP contribution in [-0.4, -0.2) is 10.2 Å². The predicted octanol–water partition coefficient (Wildman–Crippen LogP) is 3.84. The molecular weight excluding hydrogens is 196 g/mol. The molecule has 0 aliphatic rings. The van der Waals surface area contributed by atoms with Crippen molar-refractivity contribution in [1.29, 1.82) is 0 Å². The van der Waals surface area contributed by atoms with Gasteiger partial charge in [0.25, 0.3) is 0 Å². The highest BCUT2D eigenvalue weighted by atomic mass is 15.1. The fourth-order valence-corrected chi connectivity index (χ4v) is 2.22. The molecule has 0 saturated heterocycles. The third-order valence-corrected chi connectivity index (χ3v) is 3.04. The maximum Gasteiger partial charge on any atom is 0.0731 e. The number of H-pyrrole nitrogens is 1. The first-order chi connectivity index (χ1) is 7.77. The quantitative estimate of drug-likeness (QED) is 0.649. The van der Waals surface area contributed by atoms with Gasteiger partial charge in [0.05, 0.1) is 11.2 Å². The van der Waals surface area contributed by atoms with Crippen LogP contribution in [0.5, 0.6) is 0 Å². The van der Waals surface area contributed by atoms with Crippen LogP contribution in [0.4, 0.5) is 0 Å². The molecule has 0 aliphatic carbocycles. The van der Waals surface area contributed by atoms with Gasteiger partial charge in [0.1, 0.15) is 0 Å². The van der Waals surface area contributed by atoms with E-state index in [-0.39, 0.29) is 0 Å². The van der Waals surface area contributed by atoms with Gasteiger partial charge < -0.3 is 0 Å². The Kier molecular flexibility index (Phi) is 1.96. The van der Waals surface area contributed by atoms with E-state index in [0.717, 1.165) is 11.2 Å². The Labute approximate surface area is 94.3 Å². The summed E-state index contributed by atoms with van der Waals surface area (Å²) in [6, 6.07) is 12.7. The minimum atomic E-state index is 0.454. The van der Waals surface area contributed by atoms with E-state index in [2.05, 4.69) is 60.4 Å². The lowest BCUT2D eigenvalue weighted by atomic mass is 10.0. The second kappa shape index (κ2) is 3.34. The molecule has 0 bridgehead atoms. The van der Waals surface area contributed by atoms with Gasteiger partial charge in [0, 0.05) is 10.8 Å². The number of aromatic nitrogens is 2. The van der Waals surface area contributed by atoms with E-state index in [1.54, 1.807) is 0 Å². The molecule has 2 heteroatoms. The average molecular weight is 210 g/mol. The van der Waals surface area contributed by atoms with Crippen LogP contribution in [0.15, 0.2) is 36.4 Å². The summed E-state index contributed by atoms with van der Waals surface area (Å²) in [6.45, 7) is 4.34. The first-order valence-electron chi connectivity index (χ1n) is 5.63. The highest BCUT2D eigenvalue weighted by Gasteiger charge is 2.10.